The van der Waals surface area contributed by atoms with E-state index in [0.29, 0.717) is 17.7 Å². The second kappa shape index (κ2) is 9.93. The maximum absolute atomic E-state index is 11.6. The van der Waals surface area contributed by atoms with Crippen molar-refractivity contribution in [2.24, 2.45) is 0 Å². The normalized spacial score (nSPS) is 11.1. The lowest BCUT2D eigenvalue weighted by atomic mass is 10.2. The van der Waals surface area contributed by atoms with Gasteiger partial charge in [-0.3, -0.25) is 0 Å². The highest BCUT2D eigenvalue weighted by Crippen LogP contribution is 2.21. The lowest BCUT2D eigenvalue weighted by Crippen LogP contribution is -2.12. The Labute approximate surface area is 146 Å². The first-order valence-electron chi connectivity index (χ1n) is 7.93. The summed E-state index contributed by atoms with van der Waals surface area (Å²) in [6.45, 7) is 9.86. The number of ether oxygens (including phenoxy) is 1. The van der Waals surface area contributed by atoms with Gasteiger partial charge >= 0.3 is 11.6 Å². The molecule has 0 aliphatic heterocycles. The van der Waals surface area contributed by atoms with Crippen molar-refractivity contribution in [3.63, 3.8) is 0 Å². The highest BCUT2D eigenvalue weighted by atomic mass is 16.5. The molecular weight excluding hydrogens is 320 g/mol. The zero-order valence-electron chi connectivity index (χ0n) is 14.6. The van der Waals surface area contributed by atoms with E-state index in [-0.39, 0.29) is 5.58 Å². The molecule has 0 saturated carbocycles. The number of allylic oxidation sites excluding steroid dienone is 3. The van der Waals surface area contributed by atoms with Crippen LogP contribution in [0.1, 0.15) is 31.1 Å². The highest BCUT2D eigenvalue weighted by molar-refractivity contribution is 5.91. The lowest BCUT2D eigenvalue weighted by Gasteiger charge is -2.07. The fourth-order valence-corrected chi connectivity index (χ4v) is 1.92. The molecule has 0 saturated heterocycles. The fraction of sp³-hybridized carbons (Fsp3) is 0.200. The molecule has 1 aromatic heterocycles. The molecule has 5 heteroatoms. The summed E-state index contributed by atoms with van der Waals surface area (Å²) < 4.78 is 10.7. The average molecular weight is 342 g/mol. The van der Waals surface area contributed by atoms with Crippen molar-refractivity contribution in [2.75, 3.05) is 6.61 Å². The van der Waals surface area contributed by atoms with E-state index in [2.05, 4.69) is 6.58 Å². The van der Waals surface area contributed by atoms with Crippen LogP contribution in [0.15, 0.2) is 69.9 Å². The second-order valence-corrected chi connectivity index (χ2v) is 4.70. The van der Waals surface area contributed by atoms with Crippen LogP contribution in [0.5, 0.6) is 5.75 Å². The summed E-state index contributed by atoms with van der Waals surface area (Å²) in [6.07, 6.45) is 7.29. The SMILES string of the molecule is C=C/C=C\C(=C/C)COc1ccc2cc(C(=O)O)c(=O)oc2c1.CC. The van der Waals surface area contributed by atoms with Crippen LogP contribution >= 0.6 is 0 Å². The molecule has 1 heterocycles. The molecule has 0 unspecified atom stereocenters. The molecule has 2 aromatic rings. The molecule has 0 aliphatic rings. The largest absolute Gasteiger partial charge is 0.489 e. The van der Waals surface area contributed by atoms with Gasteiger partial charge in [0.15, 0.2) is 0 Å². The van der Waals surface area contributed by atoms with Crippen molar-refractivity contribution < 1.29 is 19.1 Å². The van der Waals surface area contributed by atoms with Crippen molar-refractivity contribution in [3.8, 4) is 5.75 Å². The Hall–Kier alpha value is -3.08. The number of hydrogen-bond donors (Lipinski definition) is 1. The van der Waals surface area contributed by atoms with Crippen LogP contribution in [0.4, 0.5) is 0 Å². The first kappa shape index (κ1) is 20.0. The topological polar surface area (TPSA) is 76.7 Å². The average Bonchev–Trinajstić information content (AvgIpc) is 2.62. The summed E-state index contributed by atoms with van der Waals surface area (Å²) in [4.78, 5) is 22.5. The Morgan fingerprint density at radius 2 is 2.04 bits per heavy atom. The number of rotatable bonds is 6. The molecule has 2 rings (SSSR count). The van der Waals surface area contributed by atoms with Gasteiger partial charge in [-0.05, 0) is 30.7 Å². The summed E-state index contributed by atoms with van der Waals surface area (Å²) in [7, 11) is 0. The van der Waals surface area contributed by atoms with Crippen molar-refractivity contribution in [3.05, 3.63) is 76.7 Å². The van der Waals surface area contributed by atoms with Crippen molar-refractivity contribution in [2.45, 2.75) is 20.8 Å². The summed E-state index contributed by atoms with van der Waals surface area (Å²) in [5.74, 6) is -0.789. The zero-order valence-corrected chi connectivity index (χ0v) is 14.6. The number of fused-ring (bicyclic) bond motifs is 1. The molecule has 0 amide bonds. The van der Waals surface area contributed by atoms with Gasteiger partial charge in [0.25, 0.3) is 0 Å². The third-order valence-electron chi connectivity index (χ3n) is 3.16. The molecule has 0 atom stereocenters. The van der Waals surface area contributed by atoms with Gasteiger partial charge in [-0.25, -0.2) is 9.59 Å². The minimum Gasteiger partial charge on any atom is -0.489 e. The first-order chi connectivity index (χ1) is 12.0. The number of benzene rings is 1. The van der Waals surface area contributed by atoms with Crippen molar-refractivity contribution in [1.29, 1.82) is 0 Å². The number of aromatic carboxylic acids is 1. The molecule has 5 nitrogen and oxygen atoms in total. The molecule has 132 valence electrons. The maximum Gasteiger partial charge on any atom is 0.351 e. The summed E-state index contributed by atoms with van der Waals surface area (Å²) in [6, 6.07) is 6.19. The minimum atomic E-state index is -1.31. The Bertz CT molecular complexity index is 856. The first-order valence-corrected chi connectivity index (χ1v) is 7.93. The van der Waals surface area contributed by atoms with Crippen molar-refractivity contribution >= 4 is 16.9 Å². The van der Waals surface area contributed by atoms with Gasteiger partial charge in [-0.1, -0.05) is 44.7 Å². The number of carboxylic acid groups (broad SMARTS) is 1. The van der Waals surface area contributed by atoms with Crippen molar-refractivity contribution in [1.82, 2.24) is 0 Å². The van der Waals surface area contributed by atoms with E-state index < -0.39 is 17.2 Å². The smallest absolute Gasteiger partial charge is 0.351 e. The van der Waals surface area contributed by atoms with Gasteiger partial charge in [-0.2, -0.15) is 0 Å². The second-order valence-electron chi connectivity index (χ2n) is 4.70. The molecular formula is C20H22O5. The quantitative estimate of drug-likeness (QED) is 0.614. The predicted molar refractivity (Wildman–Crippen MR) is 99.4 cm³/mol. The van der Waals surface area contributed by atoms with Gasteiger partial charge in [0.05, 0.1) is 0 Å². The van der Waals surface area contributed by atoms with E-state index >= 15 is 0 Å². The van der Waals surface area contributed by atoms with Crippen LogP contribution in [-0.4, -0.2) is 17.7 Å². The number of carbonyl (C=O) groups is 1. The third kappa shape index (κ3) is 5.49. The fourth-order valence-electron chi connectivity index (χ4n) is 1.92. The van der Waals surface area contributed by atoms with Gasteiger partial charge in [-0.15, -0.1) is 0 Å². The summed E-state index contributed by atoms with van der Waals surface area (Å²) in [5, 5.41) is 9.44. The summed E-state index contributed by atoms with van der Waals surface area (Å²) in [5.41, 5.74) is -0.0315. The van der Waals surface area contributed by atoms with E-state index in [1.54, 1.807) is 24.3 Å². The van der Waals surface area contributed by atoms with Crippen LogP contribution < -0.4 is 10.4 Å². The molecule has 0 spiro atoms. The van der Waals surface area contributed by atoms with Crippen LogP contribution in [0.25, 0.3) is 11.0 Å². The molecule has 0 radical (unpaired) electrons. The van der Waals surface area contributed by atoms with Gasteiger partial charge < -0.3 is 14.3 Å². The maximum atomic E-state index is 11.6. The Morgan fingerprint density at radius 1 is 1.32 bits per heavy atom. The van der Waals surface area contributed by atoms with Gasteiger partial charge in [0, 0.05) is 11.5 Å². The van der Waals surface area contributed by atoms with E-state index in [4.69, 9.17) is 14.3 Å². The van der Waals surface area contributed by atoms with E-state index in [1.165, 1.54) is 6.07 Å². The molecule has 0 bridgehead atoms. The molecule has 0 aliphatic carbocycles. The van der Waals surface area contributed by atoms with Gasteiger partial charge in [0.1, 0.15) is 23.5 Å². The summed E-state index contributed by atoms with van der Waals surface area (Å²) >= 11 is 0. The van der Waals surface area contributed by atoms with Crippen LogP contribution in [-0.2, 0) is 0 Å². The molecule has 0 fully saturated rings. The van der Waals surface area contributed by atoms with Crippen LogP contribution in [0, 0.1) is 0 Å². The standard InChI is InChI=1S/C18H16O5.C2H6/c1-3-5-6-12(4-2)11-22-14-8-7-13-9-15(17(19)20)18(21)23-16(13)10-14;1-2/h3-10H,1,11H2,2H3,(H,19,20);1-2H3/b6-5-,12-4+;. The Morgan fingerprint density at radius 3 is 2.64 bits per heavy atom. The monoisotopic (exact) mass is 342 g/mol. The lowest BCUT2D eigenvalue weighted by molar-refractivity contribution is 0.0692. The number of hydrogen-bond acceptors (Lipinski definition) is 4. The van der Waals surface area contributed by atoms with Gasteiger partial charge in [0.2, 0.25) is 0 Å². The van der Waals surface area contributed by atoms with E-state index in [9.17, 15) is 9.59 Å². The zero-order chi connectivity index (χ0) is 18.8. The third-order valence-corrected chi connectivity index (χ3v) is 3.16. The Balaban J connectivity index is 0.00000151. The molecule has 1 N–H and O–H groups in total. The van der Waals surface area contributed by atoms with E-state index in [1.807, 2.05) is 39.0 Å². The highest BCUT2D eigenvalue weighted by Gasteiger charge is 2.12. The number of carboxylic acids is 1. The van der Waals surface area contributed by atoms with Crippen LogP contribution in [0.2, 0.25) is 0 Å². The predicted octanol–water partition coefficient (Wildman–Crippen LogP) is 4.58. The minimum absolute atomic E-state index is 0.279. The molecule has 25 heavy (non-hydrogen) atoms. The Kier molecular flexibility index (Phi) is 7.93. The van der Waals surface area contributed by atoms with Crippen LogP contribution in [0.3, 0.4) is 0 Å². The van der Waals surface area contributed by atoms with E-state index in [0.717, 1.165) is 5.57 Å². The molecule has 1 aromatic carbocycles.